The van der Waals surface area contributed by atoms with Crippen molar-refractivity contribution in [2.45, 2.75) is 0 Å². The zero-order chi connectivity index (χ0) is 11.4. The molecule has 0 aliphatic carbocycles. The fourth-order valence-corrected chi connectivity index (χ4v) is 1.04. The molecule has 0 bridgehead atoms. The number of aliphatic hydroxyl groups excluding tert-OH is 1. The third-order valence-electron chi connectivity index (χ3n) is 1.71. The van der Waals surface area contributed by atoms with Crippen molar-refractivity contribution in [2.75, 3.05) is 18.9 Å². The van der Waals surface area contributed by atoms with Gasteiger partial charge in [-0.25, -0.2) is 8.78 Å². The van der Waals surface area contributed by atoms with Crippen LogP contribution in [0.3, 0.4) is 0 Å². The number of amides is 1. The third kappa shape index (κ3) is 2.63. The molecule has 1 aromatic rings. The first-order chi connectivity index (χ1) is 7.06. The van der Waals surface area contributed by atoms with Gasteiger partial charge in [-0.05, 0) is 12.1 Å². The van der Waals surface area contributed by atoms with E-state index in [4.69, 9.17) is 10.8 Å². The fourth-order valence-electron chi connectivity index (χ4n) is 1.04. The molecule has 1 rings (SSSR count). The molecule has 0 aromatic heterocycles. The first-order valence-electron chi connectivity index (χ1n) is 4.20. The molecule has 0 saturated carbocycles. The fraction of sp³-hybridized carbons (Fsp3) is 0.222. The molecule has 0 spiro atoms. The van der Waals surface area contributed by atoms with Crippen molar-refractivity contribution in [2.24, 2.45) is 0 Å². The molecule has 6 heteroatoms. The van der Waals surface area contributed by atoms with Crippen LogP contribution < -0.4 is 11.1 Å². The average Bonchev–Trinajstić information content (AvgIpc) is 2.19. The van der Waals surface area contributed by atoms with Crippen molar-refractivity contribution >= 4 is 11.6 Å². The Balaban J connectivity index is 2.98. The number of anilines is 1. The number of rotatable bonds is 3. The number of carbonyl (C=O) groups excluding carboxylic acids is 1. The zero-order valence-electron chi connectivity index (χ0n) is 7.76. The summed E-state index contributed by atoms with van der Waals surface area (Å²) in [6.07, 6.45) is 0. The summed E-state index contributed by atoms with van der Waals surface area (Å²) in [5.41, 5.74) is 4.25. The summed E-state index contributed by atoms with van der Waals surface area (Å²) in [4.78, 5) is 11.2. The minimum atomic E-state index is -0.966. The molecule has 0 heterocycles. The Morgan fingerprint density at radius 2 is 2.13 bits per heavy atom. The minimum absolute atomic E-state index is 0.0330. The molecule has 0 saturated heterocycles. The van der Waals surface area contributed by atoms with Gasteiger partial charge in [0.25, 0.3) is 5.91 Å². The summed E-state index contributed by atoms with van der Waals surface area (Å²) >= 11 is 0. The quantitative estimate of drug-likeness (QED) is 0.635. The molecule has 4 N–H and O–H groups in total. The highest BCUT2D eigenvalue weighted by Gasteiger charge is 2.15. The molecule has 0 radical (unpaired) electrons. The van der Waals surface area contributed by atoms with Gasteiger partial charge in [0.15, 0.2) is 5.82 Å². The molecule has 0 unspecified atom stereocenters. The van der Waals surface area contributed by atoms with Crippen molar-refractivity contribution in [3.63, 3.8) is 0 Å². The van der Waals surface area contributed by atoms with Crippen LogP contribution in [-0.4, -0.2) is 24.2 Å². The van der Waals surface area contributed by atoms with Crippen molar-refractivity contribution in [1.29, 1.82) is 0 Å². The van der Waals surface area contributed by atoms with Crippen LogP contribution in [0.4, 0.5) is 14.5 Å². The van der Waals surface area contributed by atoms with Crippen LogP contribution in [0.25, 0.3) is 0 Å². The van der Waals surface area contributed by atoms with E-state index in [1.54, 1.807) is 0 Å². The van der Waals surface area contributed by atoms with Crippen molar-refractivity contribution < 1.29 is 18.7 Å². The Morgan fingerprint density at radius 3 is 2.73 bits per heavy atom. The van der Waals surface area contributed by atoms with Crippen LogP contribution >= 0.6 is 0 Å². The summed E-state index contributed by atoms with van der Waals surface area (Å²) in [5.74, 6) is -2.57. The van der Waals surface area contributed by atoms with Gasteiger partial charge in [-0.2, -0.15) is 0 Å². The molecule has 0 fully saturated rings. The van der Waals surface area contributed by atoms with E-state index >= 15 is 0 Å². The average molecular weight is 216 g/mol. The van der Waals surface area contributed by atoms with Crippen LogP contribution in [0, 0.1) is 11.6 Å². The Morgan fingerprint density at radius 1 is 1.47 bits per heavy atom. The first kappa shape index (κ1) is 11.4. The van der Waals surface area contributed by atoms with Gasteiger partial charge in [-0.3, -0.25) is 4.79 Å². The van der Waals surface area contributed by atoms with E-state index in [1.165, 1.54) is 0 Å². The standard InChI is InChI=1S/C9H10F2N2O2/c10-5-3-6(8(11)7(12)4-5)9(15)13-1-2-14/h3-4,14H,1-2,12H2,(H,13,15). The van der Waals surface area contributed by atoms with E-state index in [2.05, 4.69) is 5.32 Å². The largest absolute Gasteiger partial charge is 0.396 e. The molecule has 4 nitrogen and oxygen atoms in total. The van der Waals surface area contributed by atoms with Crippen LogP contribution in [-0.2, 0) is 0 Å². The van der Waals surface area contributed by atoms with Crippen LogP contribution in [0.1, 0.15) is 10.4 Å². The second-order valence-electron chi connectivity index (χ2n) is 2.84. The normalized spacial score (nSPS) is 10.1. The van der Waals surface area contributed by atoms with Gasteiger partial charge in [0, 0.05) is 6.54 Å². The molecular weight excluding hydrogens is 206 g/mol. The summed E-state index contributed by atoms with van der Waals surface area (Å²) < 4.78 is 26.1. The molecule has 82 valence electrons. The smallest absolute Gasteiger partial charge is 0.254 e. The monoisotopic (exact) mass is 216 g/mol. The number of aliphatic hydroxyl groups is 1. The molecule has 0 aliphatic rings. The van der Waals surface area contributed by atoms with Gasteiger partial charge in [-0.15, -0.1) is 0 Å². The topological polar surface area (TPSA) is 75.4 Å². The summed E-state index contributed by atoms with van der Waals surface area (Å²) in [7, 11) is 0. The maximum absolute atomic E-state index is 13.2. The molecule has 15 heavy (non-hydrogen) atoms. The number of hydrogen-bond acceptors (Lipinski definition) is 3. The minimum Gasteiger partial charge on any atom is -0.396 e. The molecule has 1 amide bonds. The lowest BCUT2D eigenvalue weighted by Crippen LogP contribution is -2.27. The molecule has 1 aromatic carbocycles. The number of benzene rings is 1. The van der Waals surface area contributed by atoms with Gasteiger partial charge in [-0.1, -0.05) is 0 Å². The predicted molar refractivity (Wildman–Crippen MR) is 50.2 cm³/mol. The Kier molecular flexibility index (Phi) is 3.56. The summed E-state index contributed by atoms with van der Waals surface area (Å²) in [5, 5.41) is 10.6. The number of nitrogens with one attached hydrogen (secondary N) is 1. The maximum atomic E-state index is 13.2. The van der Waals surface area contributed by atoms with E-state index in [0.717, 1.165) is 12.1 Å². The zero-order valence-corrected chi connectivity index (χ0v) is 7.76. The van der Waals surface area contributed by atoms with E-state index < -0.39 is 28.8 Å². The molecule has 0 aliphatic heterocycles. The summed E-state index contributed by atoms with van der Waals surface area (Å²) in [6.45, 7) is -0.313. The van der Waals surface area contributed by atoms with Gasteiger partial charge >= 0.3 is 0 Å². The van der Waals surface area contributed by atoms with Crippen LogP contribution in [0.5, 0.6) is 0 Å². The van der Waals surface area contributed by atoms with E-state index in [1.807, 2.05) is 0 Å². The number of nitrogen functional groups attached to an aromatic ring is 1. The SMILES string of the molecule is Nc1cc(F)cc(C(=O)NCCO)c1F. The number of hydrogen-bond donors (Lipinski definition) is 3. The lowest BCUT2D eigenvalue weighted by Gasteiger charge is -2.06. The first-order valence-corrected chi connectivity index (χ1v) is 4.20. The van der Waals surface area contributed by atoms with Gasteiger partial charge < -0.3 is 16.2 Å². The van der Waals surface area contributed by atoms with E-state index in [0.29, 0.717) is 0 Å². The Hall–Kier alpha value is -1.69. The molecule has 0 atom stereocenters. The van der Waals surface area contributed by atoms with Crippen LogP contribution in [0.2, 0.25) is 0 Å². The molecular formula is C9H10F2N2O2. The Bertz CT molecular complexity index is 383. The number of carbonyl (C=O) groups is 1. The second kappa shape index (κ2) is 4.70. The Labute approximate surface area is 84.7 Å². The van der Waals surface area contributed by atoms with E-state index in [9.17, 15) is 13.6 Å². The third-order valence-corrected chi connectivity index (χ3v) is 1.71. The van der Waals surface area contributed by atoms with Crippen LogP contribution in [0.15, 0.2) is 12.1 Å². The maximum Gasteiger partial charge on any atom is 0.254 e. The van der Waals surface area contributed by atoms with Gasteiger partial charge in [0.05, 0.1) is 17.9 Å². The lowest BCUT2D eigenvalue weighted by molar-refractivity contribution is 0.0940. The number of halogens is 2. The van der Waals surface area contributed by atoms with Crippen molar-refractivity contribution in [1.82, 2.24) is 5.32 Å². The second-order valence-corrected chi connectivity index (χ2v) is 2.84. The lowest BCUT2D eigenvalue weighted by atomic mass is 10.1. The van der Waals surface area contributed by atoms with Gasteiger partial charge in [0.2, 0.25) is 0 Å². The highest BCUT2D eigenvalue weighted by molar-refractivity contribution is 5.95. The van der Waals surface area contributed by atoms with E-state index in [-0.39, 0.29) is 13.2 Å². The summed E-state index contributed by atoms with van der Waals surface area (Å²) in [6, 6.07) is 1.54. The predicted octanol–water partition coefficient (Wildman–Crippen LogP) is 0.269. The number of nitrogens with two attached hydrogens (primary N) is 1. The highest BCUT2D eigenvalue weighted by atomic mass is 19.1. The van der Waals surface area contributed by atoms with Crippen molar-refractivity contribution in [3.8, 4) is 0 Å². The highest BCUT2D eigenvalue weighted by Crippen LogP contribution is 2.17. The van der Waals surface area contributed by atoms with Gasteiger partial charge in [0.1, 0.15) is 5.82 Å². The van der Waals surface area contributed by atoms with Crippen molar-refractivity contribution in [3.05, 3.63) is 29.3 Å².